The van der Waals surface area contributed by atoms with E-state index in [4.69, 9.17) is 10.6 Å². The second-order valence-corrected chi connectivity index (χ2v) is 5.55. The van der Waals surface area contributed by atoms with Crippen LogP contribution >= 0.6 is 0 Å². The molecule has 0 aromatic heterocycles. The Morgan fingerprint density at radius 1 is 1.30 bits per heavy atom. The molecule has 3 N–H and O–H groups in total. The lowest BCUT2D eigenvalue weighted by Crippen LogP contribution is -2.49. The molecule has 0 bridgehead atoms. The minimum Gasteiger partial charge on any atom is -0.496 e. The van der Waals surface area contributed by atoms with Crippen LogP contribution in [-0.4, -0.2) is 56.7 Å². The predicted molar refractivity (Wildman–Crippen MR) is 81.6 cm³/mol. The van der Waals surface area contributed by atoms with Gasteiger partial charge in [0.1, 0.15) is 5.75 Å². The topological polar surface area (TPSA) is 53.8 Å². The number of hydrogen-bond donors (Lipinski definition) is 2. The molecule has 0 spiro atoms. The molecule has 0 saturated carbocycles. The Bertz CT molecular complexity index is 426. The third-order valence-corrected chi connectivity index (χ3v) is 4.15. The third-order valence-electron chi connectivity index (χ3n) is 4.15. The van der Waals surface area contributed by atoms with Crippen LogP contribution in [0.5, 0.6) is 5.75 Å². The van der Waals surface area contributed by atoms with Crippen LogP contribution in [0, 0.1) is 0 Å². The summed E-state index contributed by atoms with van der Waals surface area (Å²) in [4.78, 5) is 4.76. The number of hydrogen-bond acceptors (Lipinski definition) is 5. The van der Waals surface area contributed by atoms with Gasteiger partial charge in [-0.05, 0) is 39.7 Å². The van der Waals surface area contributed by atoms with Crippen LogP contribution in [0.25, 0.3) is 0 Å². The molecule has 20 heavy (non-hydrogen) atoms. The minimum absolute atomic E-state index is 0.0525. The van der Waals surface area contributed by atoms with Crippen molar-refractivity contribution in [3.05, 3.63) is 29.8 Å². The molecule has 2 rings (SSSR count). The van der Waals surface area contributed by atoms with Crippen LogP contribution in [-0.2, 0) is 0 Å². The first-order valence-corrected chi connectivity index (χ1v) is 7.15. The summed E-state index contributed by atoms with van der Waals surface area (Å²) >= 11 is 0. The summed E-state index contributed by atoms with van der Waals surface area (Å²) in [5, 5.41) is 0. The maximum absolute atomic E-state index is 5.87. The predicted octanol–water partition coefficient (Wildman–Crippen LogP) is 0.836. The highest BCUT2D eigenvalue weighted by molar-refractivity contribution is 5.36. The number of benzene rings is 1. The van der Waals surface area contributed by atoms with Crippen molar-refractivity contribution in [2.45, 2.75) is 18.5 Å². The number of para-hydroxylation sites is 1. The van der Waals surface area contributed by atoms with Crippen LogP contribution < -0.4 is 16.0 Å². The number of nitrogens with two attached hydrogens (primary N) is 1. The summed E-state index contributed by atoms with van der Waals surface area (Å²) in [7, 11) is 6.04. The van der Waals surface area contributed by atoms with E-state index in [1.165, 1.54) is 6.42 Å². The van der Waals surface area contributed by atoms with E-state index in [0.29, 0.717) is 6.04 Å². The van der Waals surface area contributed by atoms with Gasteiger partial charge in [0, 0.05) is 18.2 Å². The number of nitrogens with zero attached hydrogens (tertiary/aromatic N) is 2. The molecule has 0 amide bonds. The Hall–Kier alpha value is -1.14. The van der Waals surface area contributed by atoms with Gasteiger partial charge >= 0.3 is 0 Å². The average Bonchev–Trinajstić information content (AvgIpc) is 2.62. The quantitative estimate of drug-likeness (QED) is 0.631. The van der Waals surface area contributed by atoms with Crippen molar-refractivity contribution >= 4 is 0 Å². The Morgan fingerprint density at radius 2 is 2.05 bits per heavy atom. The Morgan fingerprint density at radius 3 is 2.75 bits per heavy atom. The Kier molecular flexibility index (Phi) is 5.37. The maximum atomic E-state index is 5.87. The zero-order chi connectivity index (χ0) is 14.5. The van der Waals surface area contributed by atoms with E-state index >= 15 is 0 Å². The van der Waals surface area contributed by atoms with Gasteiger partial charge in [0.25, 0.3) is 0 Å². The molecule has 112 valence electrons. The van der Waals surface area contributed by atoms with Gasteiger partial charge in [-0.2, -0.15) is 0 Å². The molecule has 1 aromatic rings. The van der Waals surface area contributed by atoms with E-state index < -0.39 is 0 Å². The van der Waals surface area contributed by atoms with Gasteiger partial charge in [-0.15, -0.1) is 0 Å². The minimum atomic E-state index is 0.0525. The van der Waals surface area contributed by atoms with Crippen molar-refractivity contribution in [2.75, 3.05) is 40.8 Å². The third kappa shape index (κ3) is 3.30. The second-order valence-electron chi connectivity index (χ2n) is 5.55. The van der Waals surface area contributed by atoms with Crippen LogP contribution in [0.3, 0.4) is 0 Å². The van der Waals surface area contributed by atoms with E-state index in [1.807, 2.05) is 18.2 Å². The molecule has 5 heteroatoms. The fraction of sp³-hybridized carbons (Fsp3) is 0.600. The molecule has 1 aromatic carbocycles. The van der Waals surface area contributed by atoms with E-state index in [-0.39, 0.29) is 6.04 Å². The van der Waals surface area contributed by atoms with Crippen LogP contribution in [0.4, 0.5) is 0 Å². The van der Waals surface area contributed by atoms with Gasteiger partial charge in [-0.1, -0.05) is 18.2 Å². The first kappa shape index (κ1) is 15.3. The number of hydrazine groups is 1. The molecular weight excluding hydrogens is 252 g/mol. The Balaban J connectivity index is 2.29. The number of methoxy groups -OCH3 is 1. The molecule has 5 nitrogen and oxygen atoms in total. The van der Waals surface area contributed by atoms with Crippen molar-refractivity contribution in [1.29, 1.82) is 0 Å². The van der Waals surface area contributed by atoms with Crippen molar-refractivity contribution in [3.8, 4) is 5.75 Å². The summed E-state index contributed by atoms with van der Waals surface area (Å²) in [6.45, 7) is 3.20. The fourth-order valence-corrected chi connectivity index (χ4v) is 3.00. The summed E-state index contributed by atoms with van der Waals surface area (Å²) < 4.78 is 5.48. The van der Waals surface area contributed by atoms with Gasteiger partial charge < -0.3 is 14.5 Å². The number of ether oxygens (including phenoxy) is 1. The van der Waals surface area contributed by atoms with Crippen molar-refractivity contribution in [1.82, 2.24) is 15.2 Å². The normalized spacial score (nSPS) is 23.3. The van der Waals surface area contributed by atoms with Gasteiger partial charge in [0.15, 0.2) is 0 Å². The van der Waals surface area contributed by atoms with E-state index in [1.54, 1.807) is 7.11 Å². The first-order valence-electron chi connectivity index (χ1n) is 7.15. The van der Waals surface area contributed by atoms with Crippen molar-refractivity contribution < 1.29 is 4.74 Å². The SMILES string of the molecule is COc1ccccc1C(NN)C1CN(C)CCCN1C. The Labute approximate surface area is 121 Å². The highest BCUT2D eigenvalue weighted by Crippen LogP contribution is 2.29. The van der Waals surface area contributed by atoms with E-state index in [2.05, 4.69) is 35.4 Å². The number of rotatable bonds is 4. The monoisotopic (exact) mass is 278 g/mol. The molecule has 1 fully saturated rings. The van der Waals surface area contributed by atoms with Crippen LogP contribution in [0.1, 0.15) is 18.0 Å². The summed E-state index contributed by atoms with van der Waals surface area (Å²) in [6.07, 6.45) is 1.19. The number of nitrogens with one attached hydrogen (secondary N) is 1. The number of likely N-dealkylation sites (N-methyl/N-ethyl adjacent to an activating group) is 2. The second kappa shape index (κ2) is 7.04. The smallest absolute Gasteiger partial charge is 0.123 e. The molecule has 2 unspecified atom stereocenters. The lowest BCUT2D eigenvalue weighted by Gasteiger charge is -2.34. The molecule has 1 aliphatic heterocycles. The maximum Gasteiger partial charge on any atom is 0.123 e. The van der Waals surface area contributed by atoms with Gasteiger partial charge in [-0.3, -0.25) is 11.3 Å². The van der Waals surface area contributed by atoms with Crippen LogP contribution in [0.15, 0.2) is 24.3 Å². The lowest BCUT2D eigenvalue weighted by molar-refractivity contribution is 0.177. The highest BCUT2D eigenvalue weighted by Gasteiger charge is 2.30. The largest absolute Gasteiger partial charge is 0.496 e. The van der Waals surface area contributed by atoms with Gasteiger partial charge in [0.2, 0.25) is 0 Å². The first-order chi connectivity index (χ1) is 9.67. The van der Waals surface area contributed by atoms with Crippen LogP contribution in [0.2, 0.25) is 0 Å². The fourth-order valence-electron chi connectivity index (χ4n) is 3.00. The van der Waals surface area contributed by atoms with E-state index in [9.17, 15) is 0 Å². The molecule has 0 aliphatic carbocycles. The van der Waals surface area contributed by atoms with Crippen molar-refractivity contribution in [2.24, 2.45) is 5.84 Å². The standard InChI is InChI=1S/C15H26N4O/c1-18-9-6-10-19(2)13(11-18)15(17-16)12-7-4-5-8-14(12)20-3/h4-5,7-8,13,15,17H,6,9-11,16H2,1-3H3. The summed E-state index contributed by atoms with van der Waals surface area (Å²) in [5.41, 5.74) is 4.11. The highest BCUT2D eigenvalue weighted by atomic mass is 16.5. The van der Waals surface area contributed by atoms with Crippen molar-refractivity contribution in [3.63, 3.8) is 0 Å². The lowest BCUT2D eigenvalue weighted by atomic mass is 9.97. The molecule has 2 atom stereocenters. The van der Waals surface area contributed by atoms with Gasteiger partial charge in [-0.25, -0.2) is 0 Å². The zero-order valence-electron chi connectivity index (χ0n) is 12.7. The summed E-state index contributed by atoms with van der Waals surface area (Å²) in [6, 6.07) is 8.46. The zero-order valence-corrected chi connectivity index (χ0v) is 12.7. The van der Waals surface area contributed by atoms with Gasteiger partial charge in [0.05, 0.1) is 13.2 Å². The molecule has 1 heterocycles. The van der Waals surface area contributed by atoms with E-state index in [0.717, 1.165) is 30.9 Å². The molecule has 1 aliphatic rings. The molecular formula is C15H26N4O. The molecule has 1 saturated heterocycles. The average molecular weight is 278 g/mol. The summed E-state index contributed by atoms with van der Waals surface area (Å²) in [5.74, 6) is 6.75. The molecule has 0 radical (unpaired) electrons.